The van der Waals surface area contributed by atoms with E-state index in [0.717, 1.165) is 22.3 Å². The molecule has 0 fully saturated rings. The molecule has 176 valence electrons. The molecular weight excluding hydrogens is 514 g/mol. The lowest BCUT2D eigenvalue weighted by Gasteiger charge is -2.28. The Hall–Kier alpha value is -4.14. The van der Waals surface area contributed by atoms with E-state index in [0.29, 0.717) is 0 Å². The molecule has 2 heteroatoms. The number of fused-ring (bicyclic) bond motifs is 5. The number of para-hydroxylation sites is 1. The molecule has 0 saturated heterocycles. The molecule has 0 aromatic heterocycles. The maximum Gasteiger partial charge on any atom is 0.0509 e. The first-order chi connectivity index (χ1) is 18.3. The molecule has 0 amide bonds. The molecule has 1 aliphatic carbocycles. The highest BCUT2D eigenvalue weighted by atomic mass is 79.9. The average molecular weight is 538 g/mol. The summed E-state index contributed by atoms with van der Waals surface area (Å²) in [6.45, 7) is 0. The Balaban J connectivity index is 1.45. The highest BCUT2D eigenvalue weighted by Gasteiger charge is 2.27. The van der Waals surface area contributed by atoms with Crippen LogP contribution in [0.4, 0.5) is 17.1 Å². The summed E-state index contributed by atoms with van der Waals surface area (Å²) < 4.78 is 1.10. The van der Waals surface area contributed by atoms with Crippen LogP contribution in [0.3, 0.4) is 0 Å². The van der Waals surface area contributed by atoms with Crippen molar-refractivity contribution >= 4 is 43.8 Å². The summed E-state index contributed by atoms with van der Waals surface area (Å²) >= 11 is 3.71. The van der Waals surface area contributed by atoms with E-state index in [1.54, 1.807) is 0 Å². The lowest BCUT2D eigenvalue weighted by Crippen LogP contribution is -2.12. The Morgan fingerprint density at radius 2 is 1.22 bits per heavy atom. The minimum absolute atomic E-state index is 0.935. The lowest BCUT2D eigenvalue weighted by atomic mass is 9.95. The van der Waals surface area contributed by atoms with Gasteiger partial charge in [-0.2, -0.15) is 0 Å². The maximum absolute atomic E-state index is 3.71. The summed E-state index contributed by atoms with van der Waals surface area (Å²) in [6, 6.07) is 48.0. The highest BCUT2D eigenvalue weighted by molar-refractivity contribution is 9.10. The highest BCUT2D eigenvalue weighted by Crippen LogP contribution is 2.49. The van der Waals surface area contributed by atoms with Crippen molar-refractivity contribution in [2.24, 2.45) is 0 Å². The molecule has 37 heavy (non-hydrogen) atoms. The second-order valence-corrected chi connectivity index (χ2v) is 10.4. The van der Waals surface area contributed by atoms with Crippen molar-refractivity contribution in [3.05, 3.63) is 149 Å². The Labute approximate surface area is 225 Å². The monoisotopic (exact) mass is 537 g/mol. The van der Waals surface area contributed by atoms with Crippen LogP contribution in [0.25, 0.3) is 33.0 Å². The van der Waals surface area contributed by atoms with E-state index >= 15 is 0 Å². The van der Waals surface area contributed by atoms with Crippen molar-refractivity contribution in [3.8, 4) is 22.3 Å². The summed E-state index contributed by atoms with van der Waals surface area (Å²) in [5.41, 5.74) is 11.4. The van der Waals surface area contributed by atoms with Gasteiger partial charge in [0.2, 0.25) is 0 Å². The first-order valence-electron chi connectivity index (χ1n) is 12.6. The quantitative estimate of drug-likeness (QED) is 0.216. The standard InChI is InChI=1S/C35H24BrN/c36-33-17-9-8-14-29(33)24-18-20-28(21-19-24)37(27-12-2-1-3-13-27)34-23-26-11-5-7-16-31(26)35-30-15-6-4-10-25(30)22-32(34)35/h1-21,23H,22H2. The Morgan fingerprint density at radius 1 is 0.568 bits per heavy atom. The molecule has 1 aliphatic rings. The zero-order chi connectivity index (χ0) is 24.8. The van der Waals surface area contributed by atoms with Crippen molar-refractivity contribution in [2.75, 3.05) is 4.90 Å². The zero-order valence-electron chi connectivity index (χ0n) is 20.2. The molecule has 0 aliphatic heterocycles. The SMILES string of the molecule is Brc1ccccc1-c1ccc(N(c2ccccc2)c2cc3ccccc3c3c2Cc2ccccc2-3)cc1. The largest absolute Gasteiger partial charge is 0.310 e. The molecule has 0 unspecified atom stereocenters. The van der Waals surface area contributed by atoms with E-state index < -0.39 is 0 Å². The summed E-state index contributed by atoms with van der Waals surface area (Å²) in [6.07, 6.45) is 0.935. The number of hydrogen-bond donors (Lipinski definition) is 0. The number of halogens is 1. The van der Waals surface area contributed by atoms with Crippen LogP contribution in [0.15, 0.2) is 138 Å². The van der Waals surface area contributed by atoms with Crippen LogP contribution in [-0.2, 0) is 6.42 Å². The van der Waals surface area contributed by atoms with Gasteiger partial charge in [0.25, 0.3) is 0 Å². The van der Waals surface area contributed by atoms with Crippen LogP contribution >= 0.6 is 15.9 Å². The van der Waals surface area contributed by atoms with Gasteiger partial charge in [-0.1, -0.05) is 113 Å². The van der Waals surface area contributed by atoms with Gasteiger partial charge in [0, 0.05) is 22.3 Å². The molecule has 0 N–H and O–H groups in total. The van der Waals surface area contributed by atoms with Crippen LogP contribution in [-0.4, -0.2) is 0 Å². The third-order valence-electron chi connectivity index (χ3n) is 7.35. The molecule has 7 rings (SSSR count). The second-order valence-electron chi connectivity index (χ2n) is 9.50. The van der Waals surface area contributed by atoms with E-state index in [1.165, 1.54) is 49.8 Å². The minimum Gasteiger partial charge on any atom is -0.310 e. The molecule has 6 aromatic carbocycles. The van der Waals surface area contributed by atoms with E-state index in [1.807, 2.05) is 0 Å². The summed E-state index contributed by atoms with van der Waals surface area (Å²) in [4.78, 5) is 2.42. The molecule has 0 radical (unpaired) electrons. The van der Waals surface area contributed by atoms with Gasteiger partial charge in [0.15, 0.2) is 0 Å². The topological polar surface area (TPSA) is 3.24 Å². The van der Waals surface area contributed by atoms with Gasteiger partial charge in [0.1, 0.15) is 0 Å². The van der Waals surface area contributed by atoms with Gasteiger partial charge < -0.3 is 4.90 Å². The summed E-state index contributed by atoms with van der Waals surface area (Å²) in [5.74, 6) is 0. The van der Waals surface area contributed by atoms with E-state index in [9.17, 15) is 0 Å². The maximum atomic E-state index is 3.71. The molecule has 6 aromatic rings. The fourth-order valence-corrected chi connectivity index (χ4v) is 6.17. The van der Waals surface area contributed by atoms with Gasteiger partial charge in [0.05, 0.1) is 5.69 Å². The van der Waals surface area contributed by atoms with Crippen molar-refractivity contribution in [1.82, 2.24) is 0 Å². The van der Waals surface area contributed by atoms with Gasteiger partial charge >= 0.3 is 0 Å². The molecule has 0 heterocycles. The lowest BCUT2D eigenvalue weighted by molar-refractivity contribution is 1.20. The van der Waals surface area contributed by atoms with Crippen molar-refractivity contribution in [2.45, 2.75) is 6.42 Å². The van der Waals surface area contributed by atoms with Gasteiger partial charge in [-0.25, -0.2) is 0 Å². The number of nitrogens with zero attached hydrogens (tertiary/aromatic N) is 1. The summed E-state index contributed by atoms with van der Waals surface area (Å²) in [5, 5.41) is 2.59. The Bertz CT molecular complexity index is 1750. The molecule has 1 nitrogen and oxygen atoms in total. The summed E-state index contributed by atoms with van der Waals surface area (Å²) in [7, 11) is 0. The minimum atomic E-state index is 0.935. The van der Waals surface area contributed by atoms with Crippen LogP contribution in [0.1, 0.15) is 11.1 Å². The van der Waals surface area contributed by atoms with E-state index in [4.69, 9.17) is 0 Å². The third kappa shape index (κ3) is 3.77. The number of anilines is 3. The second kappa shape index (κ2) is 9.06. The first kappa shape index (κ1) is 22.1. The van der Waals surface area contributed by atoms with Crippen molar-refractivity contribution in [1.29, 1.82) is 0 Å². The number of rotatable bonds is 4. The van der Waals surface area contributed by atoms with Crippen molar-refractivity contribution < 1.29 is 0 Å². The first-order valence-corrected chi connectivity index (χ1v) is 13.4. The Morgan fingerprint density at radius 3 is 2.03 bits per heavy atom. The Kier molecular flexibility index (Phi) is 5.41. The van der Waals surface area contributed by atoms with E-state index in [-0.39, 0.29) is 0 Å². The average Bonchev–Trinajstić information content (AvgIpc) is 3.35. The van der Waals surface area contributed by atoms with Crippen LogP contribution < -0.4 is 4.90 Å². The van der Waals surface area contributed by atoms with Crippen molar-refractivity contribution in [3.63, 3.8) is 0 Å². The number of benzene rings is 6. The smallest absolute Gasteiger partial charge is 0.0509 e. The third-order valence-corrected chi connectivity index (χ3v) is 8.04. The molecule has 0 spiro atoms. The molecule has 0 atom stereocenters. The number of hydrogen-bond acceptors (Lipinski definition) is 1. The van der Waals surface area contributed by atoms with E-state index in [2.05, 4.69) is 154 Å². The van der Waals surface area contributed by atoms with Gasteiger partial charge in [-0.15, -0.1) is 0 Å². The molecular formula is C35H24BrN. The normalized spacial score (nSPS) is 11.8. The zero-order valence-corrected chi connectivity index (χ0v) is 21.8. The van der Waals surface area contributed by atoms with Crippen LogP contribution in [0.5, 0.6) is 0 Å². The van der Waals surface area contributed by atoms with Gasteiger partial charge in [-0.3, -0.25) is 0 Å². The predicted octanol–water partition coefficient (Wildman–Crippen LogP) is 10.3. The fraction of sp³-hybridized carbons (Fsp3) is 0.0286. The molecule has 0 saturated carbocycles. The van der Waals surface area contributed by atoms with Crippen LogP contribution in [0, 0.1) is 0 Å². The molecule has 0 bridgehead atoms. The van der Waals surface area contributed by atoms with Gasteiger partial charge in [-0.05, 0) is 80.6 Å². The fourth-order valence-electron chi connectivity index (χ4n) is 5.66. The predicted molar refractivity (Wildman–Crippen MR) is 160 cm³/mol. The van der Waals surface area contributed by atoms with Crippen LogP contribution in [0.2, 0.25) is 0 Å².